The Bertz CT molecular complexity index is 4270. The zero-order valence-corrected chi connectivity index (χ0v) is 58.8. The van der Waals surface area contributed by atoms with E-state index < -0.39 is 76.9 Å². The summed E-state index contributed by atoms with van der Waals surface area (Å²) in [5.74, 6) is -2.62. The quantitative estimate of drug-likeness (QED) is 0.0303. The largest absolute Gasteiger partial charge is 0.488 e. The first-order valence-electron chi connectivity index (χ1n) is 35.6. The first kappa shape index (κ1) is 71.1. The molecule has 0 saturated carbocycles. The van der Waals surface area contributed by atoms with Crippen LogP contribution in [0.15, 0.2) is 159 Å². The van der Waals surface area contributed by atoms with E-state index in [1.165, 1.54) is 63.8 Å². The zero-order valence-electron chi connectivity index (χ0n) is 58.8. The van der Waals surface area contributed by atoms with Crippen LogP contribution in [0.25, 0.3) is 0 Å². The molecule has 3 unspecified atom stereocenters. The molecular weight excluding hydrogens is 1340 g/mol. The summed E-state index contributed by atoms with van der Waals surface area (Å²) in [6, 6.07) is 35.1. The van der Waals surface area contributed by atoms with Crippen LogP contribution in [0.5, 0.6) is 11.5 Å². The average Bonchev–Trinajstić information content (AvgIpc) is 1.56. The Kier molecular flexibility index (Phi) is 20.6. The number of anilines is 6. The maximum Gasteiger partial charge on any atom is 0.334 e. The van der Waals surface area contributed by atoms with Gasteiger partial charge in [-0.25, -0.2) is 51.4 Å². The molecule has 1 N–H and O–H groups in total. The minimum atomic E-state index is -1.90. The number of piperazine rings is 2. The average molecular weight is 1430 g/mol. The Balaban J connectivity index is 0.603. The first-order chi connectivity index (χ1) is 50.3. The summed E-state index contributed by atoms with van der Waals surface area (Å²) < 4.78 is 102. The summed E-state index contributed by atoms with van der Waals surface area (Å²) in [5.41, 5.74) is 0.239. The van der Waals surface area contributed by atoms with Gasteiger partial charge in [0.1, 0.15) is 90.6 Å². The molecule has 6 aromatic carbocycles. The van der Waals surface area contributed by atoms with Crippen molar-refractivity contribution in [3.8, 4) is 11.5 Å². The summed E-state index contributed by atoms with van der Waals surface area (Å²) >= 11 is 0. The molecular formula is C76H86F4N14O10. The fourth-order valence-electron chi connectivity index (χ4n) is 15.4. The molecule has 0 spiro atoms. The first-order valence-corrected chi connectivity index (χ1v) is 35.6. The number of rotatable bonds is 26. The second-order valence-electron chi connectivity index (χ2n) is 27.8. The van der Waals surface area contributed by atoms with Crippen LogP contribution >= 0.6 is 0 Å². The molecule has 0 bridgehead atoms. The molecule has 8 heterocycles. The summed E-state index contributed by atoms with van der Waals surface area (Å²) in [4.78, 5) is 65.7. The smallest absolute Gasteiger partial charge is 0.334 e. The Morgan fingerprint density at radius 1 is 0.558 bits per heavy atom. The fourth-order valence-corrected chi connectivity index (χ4v) is 15.4. The number of nitrogens with zero attached hydrogens (tertiary/aromatic N) is 14. The third-order valence-corrected chi connectivity index (χ3v) is 20.6. The number of urea groups is 2. The van der Waals surface area contributed by atoms with Crippen molar-refractivity contribution in [1.29, 1.82) is 0 Å². The SMILES string of the molecule is CCCCCCC1(O)C(=O)N(c2ccc(N3CCN(c4ccc(OC[C@H]5OC(C6CN(c7ccc(N8CCN(c9ccc(OC[C@H]%10OC[C@](Cn%11cncn%11)(c%11ccc(F)cc%11F)O%10)cc9)CC8)cc7)C(=O)N6C(C)C)[C@](Cn6cncn6)(c6ccc(F)cc6F)O5)cc4)CC3)cc2)C(=O)N1C(C)C. The Morgan fingerprint density at radius 3 is 1.54 bits per heavy atom. The molecule has 548 valence electrons. The summed E-state index contributed by atoms with van der Waals surface area (Å²) in [5, 5.41) is 20.3. The molecule has 24 nitrogen and oxygen atoms in total. The zero-order chi connectivity index (χ0) is 72.4. The van der Waals surface area contributed by atoms with Crippen LogP contribution in [-0.4, -0.2) is 184 Å². The van der Waals surface area contributed by atoms with Crippen molar-refractivity contribution < 1.29 is 65.5 Å². The van der Waals surface area contributed by atoms with E-state index in [2.05, 4.69) is 46.7 Å². The minimum Gasteiger partial charge on any atom is -0.488 e. The lowest BCUT2D eigenvalue weighted by Gasteiger charge is -2.39. The van der Waals surface area contributed by atoms with E-state index >= 15 is 8.78 Å². The monoisotopic (exact) mass is 1430 g/mol. The van der Waals surface area contributed by atoms with Crippen LogP contribution in [0.1, 0.15) is 77.8 Å². The van der Waals surface area contributed by atoms with E-state index in [1.54, 1.807) is 21.9 Å². The molecule has 6 fully saturated rings. The van der Waals surface area contributed by atoms with Crippen molar-refractivity contribution >= 4 is 52.1 Å². The number of hydrogen-bond donors (Lipinski definition) is 1. The second kappa shape index (κ2) is 30.1. The summed E-state index contributed by atoms with van der Waals surface area (Å²) in [6.45, 7) is 15.2. The van der Waals surface area contributed by atoms with E-state index in [0.29, 0.717) is 68.6 Å². The number of aliphatic hydroxyl groups is 1. The fraction of sp³-hybridized carbons (Fsp3) is 0.434. The van der Waals surface area contributed by atoms with Crippen molar-refractivity contribution in [2.75, 3.05) is 108 Å². The number of unbranched alkanes of at least 4 members (excludes halogenated alkanes) is 3. The summed E-state index contributed by atoms with van der Waals surface area (Å²) in [7, 11) is 0. The van der Waals surface area contributed by atoms with Gasteiger partial charge in [0.05, 0.1) is 38.0 Å². The van der Waals surface area contributed by atoms with Gasteiger partial charge in [-0.15, -0.1) is 0 Å². The number of carbonyl (C=O) groups excluding carboxylic acids is 3. The molecule has 6 saturated heterocycles. The Morgan fingerprint density at radius 2 is 1.05 bits per heavy atom. The lowest BCUT2D eigenvalue weighted by Crippen LogP contribution is -2.55. The van der Waals surface area contributed by atoms with Gasteiger partial charge in [0, 0.05) is 123 Å². The van der Waals surface area contributed by atoms with E-state index in [-0.39, 0.29) is 75.1 Å². The van der Waals surface area contributed by atoms with Crippen molar-refractivity contribution in [3.63, 3.8) is 0 Å². The van der Waals surface area contributed by atoms with Crippen LogP contribution < -0.4 is 38.9 Å². The lowest BCUT2D eigenvalue weighted by atomic mass is 9.83. The number of halogens is 4. The number of hydrogen-bond acceptors (Lipinski definition) is 18. The third kappa shape index (κ3) is 14.3. The van der Waals surface area contributed by atoms with Crippen LogP contribution in [0, 0.1) is 23.3 Å². The van der Waals surface area contributed by atoms with Gasteiger partial charge in [0.25, 0.3) is 5.91 Å². The number of imide groups is 1. The molecule has 6 aliphatic rings. The van der Waals surface area contributed by atoms with Gasteiger partial charge >= 0.3 is 12.1 Å². The number of benzene rings is 6. The Hall–Kier alpha value is -9.87. The highest BCUT2D eigenvalue weighted by atomic mass is 19.1. The molecule has 6 aliphatic heterocycles. The van der Waals surface area contributed by atoms with Crippen LogP contribution in [0.2, 0.25) is 0 Å². The molecule has 104 heavy (non-hydrogen) atoms. The van der Waals surface area contributed by atoms with Gasteiger partial charge < -0.3 is 58.0 Å². The summed E-state index contributed by atoms with van der Waals surface area (Å²) in [6.07, 6.45) is 6.34. The van der Waals surface area contributed by atoms with Gasteiger partial charge in [-0.2, -0.15) is 10.2 Å². The molecule has 0 aliphatic carbocycles. The highest BCUT2D eigenvalue weighted by Crippen LogP contribution is 2.48. The van der Waals surface area contributed by atoms with E-state index in [4.69, 9.17) is 28.4 Å². The lowest BCUT2D eigenvalue weighted by molar-refractivity contribution is -0.150. The molecule has 0 radical (unpaired) electrons. The Labute approximate surface area is 600 Å². The third-order valence-electron chi connectivity index (χ3n) is 20.6. The number of aromatic nitrogens is 6. The van der Waals surface area contributed by atoms with Crippen molar-refractivity contribution in [2.45, 2.75) is 134 Å². The van der Waals surface area contributed by atoms with Crippen LogP contribution in [0.4, 0.5) is 61.3 Å². The second-order valence-corrected chi connectivity index (χ2v) is 27.8. The van der Waals surface area contributed by atoms with E-state index in [0.717, 1.165) is 72.1 Å². The number of ether oxygens (including phenoxy) is 6. The van der Waals surface area contributed by atoms with Gasteiger partial charge in [0.15, 0.2) is 12.6 Å². The van der Waals surface area contributed by atoms with Gasteiger partial charge in [-0.1, -0.05) is 38.3 Å². The van der Waals surface area contributed by atoms with Crippen molar-refractivity contribution in [1.82, 2.24) is 39.3 Å². The standard InChI is InChI=1S/C76H86F4N14O10/c1-6-7-8-9-30-76(98)71(95)93(73(97)94(76)52(4)5)60-18-14-56(15-19-60)86-33-37-88(38-34-86)58-22-26-62(27-23-58)100-43-69-102-70(75(104-69,45-90-50-82-48-84-90)64-29-11-54(78)40-66(64)80)67-41-91(72(96)92(67)51(2)3)59-16-12-55(13-17-59)85-31-35-87(36-32-85)57-20-24-61(25-21-57)99-42-68-101-46-74(103-68,44-89-49-81-47-83-89)63-28-10-53(77)39-65(63)79/h10-29,39-40,47-52,67-70,98H,6-9,30-38,41-46H2,1-5H3/t67?,68-,69-,70?,74+,75-,76?/m0/s1. The maximum atomic E-state index is 16.7. The van der Waals surface area contributed by atoms with E-state index in [1.807, 2.05) is 113 Å². The van der Waals surface area contributed by atoms with Crippen LogP contribution in [0.3, 0.4) is 0 Å². The maximum absolute atomic E-state index is 16.7. The predicted molar refractivity (Wildman–Crippen MR) is 379 cm³/mol. The molecule has 28 heteroatoms. The van der Waals surface area contributed by atoms with Gasteiger partial charge in [0.2, 0.25) is 5.72 Å². The highest BCUT2D eigenvalue weighted by Gasteiger charge is 2.61. The number of amides is 5. The predicted octanol–water partition coefficient (Wildman–Crippen LogP) is 10.7. The van der Waals surface area contributed by atoms with Gasteiger partial charge in [-0.3, -0.25) is 14.6 Å². The molecule has 5 amide bonds. The normalized spacial score (nSPS) is 23.9. The molecule has 14 rings (SSSR count). The molecule has 7 atom stereocenters. The number of carbonyl (C=O) groups is 3. The van der Waals surface area contributed by atoms with E-state index in [9.17, 15) is 28.3 Å². The molecule has 8 aromatic rings. The van der Waals surface area contributed by atoms with Crippen molar-refractivity contribution in [3.05, 3.63) is 193 Å². The van der Waals surface area contributed by atoms with Gasteiger partial charge in [-0.05, 0) is 143 Å². The molecule has 2 aromatic heterocycles. The van der Waals surface area contributed by atoms with Crippen LogP contribution in [-0.2, 0) is 48.0 Å². The minimum absolute atomic E-state index is 0.0129. The topological polar surface area (TPSA) is 214 Å². The van der Waals surface area contributed by atoms with Crippen molar-refractivity contribution in [2.24, 2.45) is 0 Å². The highest BCUT2D eigenvalue weighted by molar-refractivity contribution is 6.22.